The monoisotopic (exact) mass is 253 g/mol. The second-order valence-corrected chi connectivity index (χ2v) is 4.63. The number of para-hydroxylation sites is 1. The quantitative estimate of drug-likeness (QED) is 0.725. The highest BCUT2D eigenvalue weighted by Gasteiger charge is 2.12. The average molecular weight is 253 g/mol. The van der Waals surface area contributed by atoms with E-state index in [4.69, 9.17) is 0 Å². The first-order valence-electron chi connectivity index (χ1n) is 6.19. The topological polar surface area (TPSA) is 53.6 Å². The summed E-state index contributed by atoms with van der Waals surface area (Å²) >= 11 is 0. The molecule has 4 nitrogen and oxygen atoms in total. The largest absolute Gasteiger partial charge is 0.318 e. The Bertz CT molecular complexity index is 757. The number of aromatic nitrogens is 3. The van der Waals surface area contributed by atoms with E-state index in [1.54, 1.807) is 6.20 Å². The molecule has 0 aliphatic carbocycles. The van der Waals surface area contributed by atoms with Crippen molar-refractivity contribution in [1.29, 1.82) is 0 Å². The Hall–Kier alpha value is -2.49. The third-order valence-corrected chi connectivity index (χ3v) is 3.35. The van der Waals surface area contributed by atoms with Crippen LogP contribution in [0.25, 0.3) is 16.8 Å². The first-order valence-corrected chi connectivity index (χ1v) is 6.19. The van der Waals surface area contributed by atoms with Crippen molar-refractivity contribution >= 4 is 0 Å². The van der Waals surface area contributed by atoms with E-state index < -0.39 is 0 Å². The van der Waals surface area contributed by atoms with Gasteiger partial charge in [-0.3, -0.25) is 9.89 Å². The summed E-state index contributed by atoms with van der Waals surface area (Å²) in [7, 11) is 0. The maximum atomic E-state index is 11.8. The highest BCUT2D eigenvalue weighted by molar-refractivity contribution is 5.72. The Morgan fingerprint density at radius 2 is 1.63 bits per heavy atom. The SMILES string of the molecule is Cc1ccc(C)n1-c1ccccc1-c1c[nH][nH]c1=O. The number of aryl methyl sites for hydroxylation is 2. The van der Waals surface area contributed by atoms with Crippen LogP contribution in [0.15, 0.2) is 47.4 Å². The van der Waals surface area contributed by atoms with Crippen molar-refractivity contribution in [3.8, 4) is 16.8 Å². The molecule has 0 aliphatic rings. The molecule has 3 rings (SSSR count). The third kappa shape index (κ3) is 1.81. The fraction of sp³-hybridized carbons (Fsp3) is 0.133. The Morgan fingerprint density at radius 3 is 2.26 bits per heavy atom. The number of hydrogen-bond acceptors (Lipinski definition) is 1. The normalized spacial score (nSPS) is 10.8. The van der Waals surface area contributed by atoms with Crippen LogP contribution in [0.5, 0.6) is 0 Å². The molecule has 0 saturated carbocycles. The van der Waals surface area contributed by atoms with Crippen molar-refractivity contribution in [1.82, 2.24) is 14.8 Å². The van der Waals surface area contributed by atoms with E-state index in [0.717, 1.165) is 22.6 Å². The van der Waals surface area contributed by atoms with Crippen molar-refractivity contribution in [2.45, 2.75) is 13.8 Å². The summed E-state index contributed by atoms with van der Waals surface area (Å²) in [5, 5.41) is 5.33. The van der Waals surface area contributed by atoms with Gasteiger partial charge in [0.05, 0.1) is 11.3 Å². The molecule has 2 aromatic heterocycles. The van der Waals surface area contributed by atoms with E-state index in [0.29, 0.717) is 5.56 Å². The van der Waals surface area contributed by atoms with Gasteiger partial charge in [0.2, 0.25) is 0 Å². The van der Waals surface area contributed by atoms with Crippen molar-refractivity contribution in [3.63, 3.8) is 0 Å². The van der Waals surface area contributed by atoms with Crippen molar-refractivity contribution in [2.75, 3.05) is 0 Å². The molecule has 19 heavy (non-hydrogen) atoms. The zero-order valence-electron chi connectivity index (χ0n) is 10.9. The summed E-state index contributed by atoms with van der Waals surface area (Å²) in [5.74, 6) is 0. The lowest BCUT2D eigenvalue weighted by molar-refractivity contribution is 0.967. The van der Waals surface area contributed by atoms with Gasteiger partial charge in [-0.15, -0.1) is 0 Å². The minimum absolute atomic E-state index is 0.102. The van der Waals surface area contributed by atoms with Gasteiger partial charge in [0, 0.05) is 23.1 Å². The lowest BCUT2D eigenvalue weighted by Gasteiger charge is -2.13. The molecule has 2 N–H and O–H groups in total. The molecule has 0 aliphatic heterocycles. The van der Waals surface area contributed by atoms with Crippen LogP contribution in [0.2, 0.25) is 0 Å². The zero-order valence-corrected chi connectivity index (χ0v) is 10.9. The number of aromatic amines is 2. The van der Waals surface area contributed by atoms with Gasteiger partial charge in [0.15, 0.2) is 0 Å². The standard InChI is InChI=1S/C15H15N3O/c1-10-7-8-11(2)18(10)14-6-4-3-5-12(14)13-9-16-17-15(13)19/h3-9H,1-2H3,(H2,16,17,19). The molecule has 0 spiro atoms. The van der Waals surface area contributed by atoms with Crippen molar-refractivity contribution in [3.05, 3.63) is 64.3 Å². The van der Waals surface area contributed by atoms with E-state index in [-0.39, 0.29) is 5.56 Å². The van der Waals surface area contributed by atoms with E-state index in [1.165, 1.54) is 0 Å². The first-order chi connectivity index (χ1) is 9.18. The van der Waals surface area contributed by atoms with Gasteiger partial charge in [-0.1, -0.05) is 18.2 Å². The molecular weight excluding hydrogens is 238 g/mol. The summed E-state index contributed by atoms with van der Waals surface area (Å²) in [5.41, 5.74) is 4.80. The van der Waals surface area contributed by atoms with Gasteiger partial charge in [-0.05, 0) is 32.0 Å². The highest BCUT2D eigenvalue weighted by Crippen LogP contribution is 2.26. The second kappa shape index (κ2) is 4.31. The maximum Gasteiger partial charge on any atom is 0.271 e. The van der Waals surface area contributed by atoms with Crippen molar-refractivity contribution < 1.29 is 0 Å². The van der Waals surface area contributed by atoms with Crippen LogP contribution in [0.1, 0.15) is 11.4 Å². The lowest BCUT2D eigenvalue weighted by Crippen LogP contribution is -2.06. The minimum atomic E-state index is -0.102. The molecule has 1 aromatic carbocycles. The lowest BCUT2D eigenvalue weighted by atomic mass is 10.1. The highest BCUT2D eigenvalue weighted by atomic mass is 16.1. The van der Waals surface area contributed by atoms with Crippen LogP contribution in [-0.4, -0.2) is 14.8 Å². The Balaban J connectivity index is 2.30. The predicted molar refractivity (Wildman–Crippen MR) is 75.7 cm³/mol. The number of benzene rings is 1. The molecule has 0 unspecified atom stereocenters. The van der Waals surface area contributed by atoms with Crippen LogP contribution < -0.4 is 5.56 Å². The Labute approximate surface area is 110 Å². The summed E-state index contributed by atoms with van der Waals surface area (Å²) in [6.45, 7) is 4.12. The van der Waals surface area contributed by atoms with Gasteiger partial charge in [0.25, 0.3) is 5.56 Å². The molecule has 4 heteroatoms. The second-order valence-electron chi connectivity index (χ2n) is 4.63. The molecule has 0 bridgehead atoms. The van der Waals surface area contributed by atoms with Gasteiger partial charge < -0.3 is 9.67 Å². The molecule has 2 heterocycles. The number of nitrogens with one attached hydrogen (secondary N) is 2. The van der Waals surface area contributed by atoms with Crippen LogP contribution in [-0.2, 0) is 0 Å². The fourth-order valence-corrected chi connectivity index (χ4v) is 2.45. The Kier molecular flexibility index (Phi) is 2.63. The molecule has 0 amide bonds. The molecule has 0 fully saturated rings. The van der Waals surface area contributed by atoms with Crippen LogP contribution >= 0.6 is 0 Å². The first kappa shape index (κ1) is 11.6. The smallest absolute Gasteiger partial charge is 0.271 e. The van der Waals surface area contributed by atoms with Crippen LogP contribution in [0.4, 0.5) is 0 Å². The third-order valence-electron chi connectivity index (χ3n) is 3.35. The zero-order chi connectivity index (χ0) is 13.4. The molecule has 0 saturated heterocycles. The van der Waals surface area contributed by atoms with E-state index in [2.05, 4.69) is 40.7 Å². The summed E-state index contributed by atoms with van der Waals surface area (Å²) < 4.78 is 2.15. The molecule has 0 atom stereocenters. The number of hydrogen-bond donors (Lipinski definition) is 2. The number of nitrogens with zero attached hydrogens (tertiary/aromatic N) is 1. The molecule has 3 aromatic rings. The van der Waals surface area contributed by atoms with Crippen LogP contribution in [0.3, 0.4) is 0 Å². The Morgan fingerprint density at radius 1 is 0.947 bits per heavy atom. The molecule has 0 radical (unpaired) electrons. The fourth-order valence-electron chi connectivity index (χ4n) is 2.45. The van der Waals surface area contributed by atoms with Crippen LogP contribution in [0, 0.1) is 13.8 Å². The van der Waals surface area contributed by atoms with E-state index in [1.807, 2.05) is 24.3 Å². The van der Waals surface area contributed by atoms with E-state index in [9.17, 15) is 4.79 Å². The van der Waals surface area contributed by atoms with Gasteiger partial charge in [-0.2, -0.15) is 0 Å². The van der Waals surface area contributed by atoms with Gasteiger partial charge in [-0.25, -0.2) is 0 Å². The van der Waals surface area contributed by atoms with Gasteiger partial charge in [0.1, 0.15) is 0 Å². The maximum absolute atomic E-state index is 11.8. The number of rotatable bonds is 2. The summed E-state index contributed by atoms with van der Waals surface area (Å²) in [6, 6.07) is 12.1. The van der Waals surface area contributed by atoms with E-state index >= 15 is 0 Å². The molecule has 96 valence electrons. The number of H-pyrrole nitrogens is 2. The summed E-state index contributed by atoms with van der Waals surface area (Å²) in [6.07, 6.45) is 1.70. The van der Waals surface area contributed by atoms with Gasteiger partial charge >= 0.3 is 0 Å². The summed E-state index contributed by atoms with van der Waals surface area (Å²) in [4.78, 5) is 11.8. The molecular formula is C15H15N3O. The van der Waals surface area contributed by atoms with Crippen molar-refractivity contribution in [2.24, 2.45) is 0 Å². The minimum Gasteiger partial charge on any atom is -0.318 e. The average Bonchev–Trinajstić information content (AvgIpc) is 2.96. The predicted octanol–water partition coefficient (Wildman–Crippen LogP) is 2.78.